The van der Waals surface area contributed by atoms with E-state index in [9.17, 15) is 14.4 Å². The second-order valence-electron chi connectivity index (χ2n) is 8.23. The van der Waals surface area contributed by atoms with Crippen LogP contribution >= 0.6 is 0 Å². The van der Waals surface area contributed by atoms with Crippen molar-refractivity contribution in [3.63, 3.8) is 0 Å². The highest BCUT2D eigenvalue weighted by molar-refractivity contribution is 6.10. The van der Waals surface area contributed by atoms with Crippen LogP contribution in [0.2, 0.25) is 0 Å². The third-order valence-electron chi connectivity index (χ3n) is 5.81. The largest absolute Gasteiger partial charge is 0.342 e. The summed E-state index contributed by atoms with van der Waals surface area (Å²) in [6.45, 7) is 3.22. The predicted molar refractivity (Wildman–Crippen MR) is 116 cm³/mol. The van der Waals surface area contributed by atoms with Gasteiger partial charge in [-0.3, -0.25) is 14.4 Å². The van der Waals surface area contributed by atoms with Crippen molar-refractivity contribution in [1.29, 1.82) is 0 Å². The first-order valence-electron chi connectivity index (χ1n) is 10.6. The maximum absolute atomic E-state index is 12.8. The molecule has 4 rings (SSSR count). The van der Waals surface area contributed by atoms with Crippen LogP contribution in [0.15, 0.2) is 48.5 Å². The number of nitrogens with zero attached hydrogens (tertiary/aromatic N) is 1. The Morgan fingerprint density at radius 2 is 1.60 bits per heavy atom. The van der Waals surface area contributed by atoms with E-state index in [1.165, 1.54) is 0 Å². The van der Waals surface area contributed by atoms with Crippen LogP contribution in [0.3, 0.4) is 0 Å². The van der Waals surface area contributed by atoms with E-state index in [4.69, 9.17) is 0 Å². The molecule has 2 aromatic carbocycles. The van der Waals surface area contributed by atoms with Gasteiger partial charge in [-0.05, 0) is 62.4 Å². The van der Waals surface area contributed by atoms with Crippen LogP contribution < -0.4 is 10.6 Å². The van der Waals surface area contributed by atoms with E-state index in [-0.39, 0.29) is 29.6 Å². The van der Waals surface area contributed by atoms with Crippen LogP contribution in [-0.2, 0) is 9.59 Å². The zero-order chi connectivity index (χ0) is 21.1. The van der Waals surface area contributed by atoms with Gasteiger partial charge in [0.15, 0.2) is 0 Å². The number of carbonyl (C=O) groups is 3. The van der Waals surface area contributed by atoms with Gasteiger partial charge in [-0.2, -0.15) is 0 Å². The summed E-state index contributed by atoms with van der Waals surface area (Å²) in [4.78, 5) is 39.7. The molecule has 1 saturated heterocycles. The molecule has 1 aliphatic carbocycles. The van der Waals surface area contributed by atoms with Crippen LogP contribution in [0.1, 0.15) is 41.6 Å². The minimum Gasteiger partial charge on any atom is -0.342 e. The van der Waals surface area contributed by atoms with Gasteiger partial charge in [0.1, 0.15) is 0 Å². The van der Waals surface area contributed by atoms with E-state index in [1.54, 1.807) is 24.3 Å². The Bertz CT molecular complexity index is 960. The molecule has 30 heavy (non-hydrogen) atoms. The monoisotopic (exact) mass is 405 g/mol. The fourth-order valence-corrected chi connectivity index (χ4v) is 3.90. The van der Waals surface area contributed by atoms with E-state index >= 15 is 0 Å². The van der Waals surface area contributed by atoms with Gasteiger partial charge in [0, 0.05) is 30.6 Å². The second-order valence-corrected chi connectivity index (χ2v) is 8.23. The second kappa shape index (κ2) is 8.69. The van der Waals surface area contributed by atoms with Crippen molar-refractivity contribution in [1.82, 2.24) is 4.90 Å². The highest BCUT2D eigenvalue weighted by Crippen LogP contribution is 2.32. The Morgan fingerprint density at radius 3 is 2.30 bits per heavy atom. The molecule has 1 heterocycles. The molecule has 3 amide bonds. The number of hydrogen-bond acceptors (Lipinski definition) is 3. The summed E-state index contributed by atoms with van der Waals surface area (Å²) in [6.07, 6.45) is 3.31. The van der Waals surface area contributed by atoms with Gasteiger partial charge >= 0.3 is 0 Å². The molecule has 0 atom stereocenters. The lowest BCUT2D eigenvalue weighted by Crippen LogP contribution is -2.42. The zero-order valence-electron chi connectivity index (χ0n) is 17.2. The number of piperidine rings is 1. The molecule has 2 fully saturated rings. The first-order valence-corrected chi connectivity index (χ1v) is 10.6. The normalized spacial score (nSPS) is 16.8. The summed E-state index contributed by atoms with van der Waals surface area (Å²) in [5.41, 5.74) is 2.70. The van der Waals surface area contributed by atoms with E-state index < -0.39 is 0 Å². The number of nitrogens with one attached hydrogen (secondary N) is 2. The number of aryl methyl sites for hydroxylation is 1. The van der Waals surface area contributed by atoms with Crippen LogP contribution in [0.25, 0.3) is 0 Å². The lowest BCUT2D eigenvalue weighted by Gasteiger charge is -2.31. The van der Waals surface area contributed by atoms with Gasteiger partial charge in [0.25, 0.3) is 5.91 Å². The lowest BCUT2D eigenvalue weighted by atomic mass is 9.95. The number of anilines is 2. The highest BCUT2D eigenvalue weighted by Gasteiger charge is 2.36. The first-order chi connectivity index (χ1) is 14.5. The van der Waals surface area contributed by atoms with Crippen molar-refractivity contribution in [2.24, 2.45) is 11.8 Å². The molecule has 6 heteroatoms. The molecule has 0 spiro atoms. The standard InChI is InChI=1S/C24H27N3O3/c1-16-5-4-6-19(15-16)25-23(29)20-7-2-3-8-21(20)26-22(28)17-11-13-27(14-12-17)24(30)18-9-10-18/h2-8,15,17-18H,9-14H2,1H3,(H,25,29)(H,26,28). The summed E-state index contributed by atoms with van der Waals surface area (Å²) in [7, 11) is 0. The van der Waals surface area contributed by atoms with Crippen molar-refractivity contribution in [3.8, 4) is 0 Å². The maximum Gasteiger partial charge on any atom is 0.257 e. The third kappa shape index (κ3) is 4.70. The van der Waals surface area contributed by atoms with Gasteiger partial charge in [-0.1, -0.05) is 24.3 Å². The van der Waals surface area contributed by atoms with Gasteiger partial charge in [-0.25, -0.2) is 0 Å². The molecule has 2 N–H and O–H groups in total. The Balaban J connectivity index is 1.38. The molecular formula is C24H27N3O3. The van der Waals surface area contributed by atoms with Crippen LogP contribution in [0.5, 0.6) is 0 Å². The van der Waals surface area contributed by atoms with Crippen molar-refractivity contribution < 1.29 is 14.4 Å². The van der Waals surface area contributed by atoms with E-state index in [0.29, 0.717) is 42.9 Å². The molecule has 1 saturated carbocycles. The summed E-state index contributed by atoms with van der Waals surface area (Å²) in [5, 5.41) is 5.83. The maximum atomic E-state index is 12.8. The van der Waals surface area contributed by atoms with E-state index in [0.717, 1.165) is 18.4 Å². The number of carbonyl (C=O) groups excluding carboxylic acids is 3. The summed E-state index contributed by atoms with van der Waals surface area (Å²) in [6, 6.07) is 14.6. The third-order valence-corrected chi connectivity index (χ3v) is 5.81. The van der Waals surface area contributed by atoms with Crippen molar-refractivity contribution in [2.75, 3.05) is 23.7 Å². The molecule has 1 aliphatic heterocycles. The van der Waals surface area contributed by atoms with Gasteiger partial charge in [0.05, 0.1) is 11.3 Å². The Hall–Kier alpha value is -3.15. The Kier molecular flexibility index (Phi) is 5.84. The lowest BCUT2D eigenvalue weighted by molar-refractivity contribution is -0.135. The average Bonchev–Trinajstić information content (AvgIpc) is 3.59. The predicted octanol–water partition coefficient (Wildman–Crippen LogP) is 3.83. The minimum absolute atomic E-state index is 0.0932. The molecule has 156 valence electrons. The fourth-order valence-electron chi connectivity index (χ4n) is 3.90. The first kappa shape index (κ1) is 20.1. The summed E-state index contributed by atoms with van der Waals surface area (Å²) < 4.78 is 0. The Labute approximate surface area is 176 Å². The fraction of sp³-hybridized carbons (Fsp3) is 0.375. The number of rotatable bonds is 5. The van der Waals surface area contributed by atoms with E-state index in [2.05, 4.69) is 10.6 Å². The van der Waals surface area contributed by atoms with Gasteiger partial charge in [0.2, 0.25) is 11.8 Å². The zero-order valence-corrected chi connectivity index (χ0v) is 17.2. The molecular weight excluding hydrogens is 378 g/mol. The van der Waals surface area contributed by atoms with Crippen LogP contribution in [0, 0.1) is 18.8 Å². The molecule has 0 unspecified atom stereocenters. The molecule has 2 aliphatic rings. The van der Waals surface area contributed by atoms with Gasteiger partial charge < -0.3 is 15.5 Å². The quantitative estimate of drug-likeness (QED) is 0.793. The molecule has 6 nitrogen and oxygen atoms in total. The molecule has 0 bridgehead atoms. The number of benzene rings is 2. The highest BCUT2D eigenvalue weighted by atomic mass is 16.2. The van der Waals surface area contributed by atoms with Crippen molar-refractivity contribution in [2.45, 2.75) is 32.6 Å². The van der Waals surface area contributed by atoms with Crippen LogP contribution in [0.4, 0.5) is 11.4 Å². The molecule has 0 aromatic heterocycles. The van der Waals surface area contributed by atoms with Crippen molar-refractivity contribution in [3.05, 3.63) is 59.7 Å². The SMILES string of the molecule is Cc1cccc(NC(=O)c2ccccc2NC(=O)C2CCN(C(=O)C3CC3)CC2)c1. The van der Waals surface area contributed by atoms with Gasteiger partial charge in [-0.15, -0.1) is 0 Å². The topological polar surface area (TPSA) is 78.5 Å². The number of para-hydroxylation sites is 1. The van der Waals surface area contributed by atoms with Crippen molar-refractivity contribution >= 4 is 29.1 Å². The van der Waals surface area contributed by atoms with E-state index in [1.807, 2.05) is 36.1 Å². The average molecular weight is 405 g/mol. The minimum atomic E-state index is -0.263. The molecule has 2 aromatic rings. The summed E-state index contributed by atoms with van der Waals surface area (Å²) in [5.74, 6) is -0.0481. The summed E-state index contributed by atoms with van der Waals surface area (Å²) >= 11 is 0. The number of hydrogen-bond donors (Lipinski definition) is 2. The number of likely N-dealkylation sites (tertiary alicyclic amines) is 1. The molecule has 0 radical (unpaired) electrons. The Morgan fingerprint density at radius 1 is 0.867 bits per heavy atom. The number of amides is 3. The smallest absolute Gasteiger partial charge is 0.257 e. The van der Waals surface area contributed by atoms with Crippen LogP contribution in [-0.4, -0.2) is 35.7 Å².